The van der Waals surface area contributed by atoms with Crippen molar-refractivity contribution in [3.05, 3.63) is 41.2 Å². The minimum absolute atomic E-state index is 0.107. The minimum Gasteiger partial charge on any atom is -0.490 e. The Hall–Kier alpha value is -2.28. The van der Waals surface area contributed by atoms with Crippen molar-refractivity contribution in [2.75, 3.05) is 19.8 Å². The fourth-order valence-electron chi connectivity index (χ4n) is 3.02. The number of hydrogen-bond acceptors (Lipinski definition) is 4. The smallest absolute Gasteiger partial charge is 0.166 e. The van der Waals surface area contributed by atoms with Gasteiger partial charge in [0.05, 0.1) is 24.9 Å². The molecule has 2 aromatic rings. The summed E-state index contributed by atoms with van der Waals surface area (Å²) in [5.41, 5.74) is 3.37. The van der Waals surface area contributed by atoms with Gasteiger partial charge in [0.1, 0.15) is 0 Å². The molecule has 1 atom stereocenters. The second-order valence-electron chi connectivity index (χ2n) is 6.54. The van der Waals surface area contributed by atoms with Crippen LogP contribution in [0.1, 0.15) is 50.6 Å². The van der Waals surface area contributed by atoms with Gasteiger partial charge in [-0.2, -0.15) is 5.10 Å². The van der Waals surface area contributed by atoms with Gasteiger partial charge in [-0.25, -0.2) is 0 Å². The molecule has 6 nitrogen and oxygen atoms in total. The third kappa shape index (κ3) is 6.12. The summed E-state index contributed by atoms with van der Waals surface area (Å²) in [4.78, 5) is 0. The average Bonchev–Trinajstić information content (AvgIpc) is 3.05. The molecule has 0 saturated heterocycles. The third-order valence-corrected chi connectivity index (χ3v) is 4.69. The molecule has 0 aliphatic carbocycles. The van der Waals surface area contributed by atoms with E-state index in [1.807, 2.05) is 37.6 Å². The van der Waals surface area contributed by atoms with Crippen LogP contribution in [0.25, 0.3) is 0 Å². The molecule has 1 aromatic heterocycles. The maximum absolute atomic E-state index is 5.69. The van der Waals surface area contributed by atoms with Crippen LogP contribution in [0.3, 0.4) is 0 Å². The Morgan fingerprint density at radius 1 is 1.18 bits per heavy atom. The van der Waals surface area contributed by atoms with Crippen LogP contribution in [0.4, 0.5) is 0 Å². The van der Waals surface area contributed by atoms with Crippen molar-refractivity contribution in [1.82, 2.24) is 20.4 Å². The summed E-state index contributed by atoms with van der Waals surface area (Å²) in [7, 11) is 0. The normalized spacial score (nSPS) is 11.8. The number of ether oxygens (including phenoxy) is 2. The lowest BCUT2D eigenvalue weighted by atomic mass is 10.1. The zero-order chi connectivity index (χ0) is 20.5. The van der Waals surface area contributed by atoms with Crippen LogP contribution in [0.5, 0.6) is 11.5 Å². The molecule has 1 heterocycles. The maximum Gasteiger partial charge on any atom is 0.166 e. The molecule has 0 saturated carbocycles. The molecule has 0 aliphatic rings. The van der Waals surface area contributed by atoms with Gasteiger partial charge in [0.25, 0.3) is 0 Å². The van der Waals surface area contributed by atoms with E-state index in [0.29, 0.717) is 18.3 Å². The van der Waals surface area contributed by atoms with Crippen LogP contribution in [0, 0.1) is 6.92 Å². The summed E-state index contributed by atoms with van der Waals surface area (Å²) >= 11 is 5.45. The molecule has 154 valence electrons. The fourth-order valence-corrected chi connectivity index (χ4v) is 3.30. The highest BCUT2D eigenvalue weighted by atomic mass is 32.1. The molecule has 28 heavy (non-hydrogen) atoms. The third-order valence-electron chi connectivity index (χ3n) is 4.43. The van der Waals surface area contributed by atoms with E-state index in [4.69, 9.17) is 21.7 Å². The number of rotatable bonds is 10. The topological polar surface area (TPSA) is 60.3 Å². The van der Waals surface area contributed by atoms with E-state index < -0.39 is 0 Å². The van der Waals surface area contributed by atoms with E-state index in [9.17, 15) is 0 Å². The summed E-state index contributed by atoms with van der Waals surface area (Å²) in [5, 5.41) is 11.8. The Morgan fingerprint density at radius 2 is 1.89 bits per heavy atom. The van der Waals surface area contributed by atoms with Crippen molar-refractivity contribution in [3.8, 4) is 11.5 Å². The summed E-state index contributed by atoms with van der Waals surface area (Å²) in [5.74, 6) is 1.58. The highest BCUT2D eigenvalue weighted by Gasteiger charge is 2.13. The van der Waals surface area contributed by atoms with Crippen molar-refractivity contribution < 1.29 is 9.47 Å². The van der Waals surface area contributed by atoms with E-state index >= 15 is 0 Å². The van der Waals surface area contributed by atoms with Gasteiger partial charge >= 0.3 is 0 Å². The molecular formula is C21H32N4O2S. The summed E-state index contributed by atoms with van der Waals surface area (Å²) in [6, 6.07) is 6.18. The van der Waals surface area contributed by atoms with Crippen LogP contribution in [-0.2, 0) is 13.0 Å². The number of benzene rings is 1. The highest BCUT2D eigenvalue weighted by Crippen LogP contribution is 2.28. The zero-order valence-corrected chi connectivity index (χ0v) is 18.4. The Morgan fingerprint density at radius 3 is 2.54 bits per heavy atom. The van der Waals surface area contributed by atoms with Crippen molar-refractivity contribution in [1.29, 1.82) is 0 Å². The number of nitrogens with one attached hydrogen (secondary N) is 2. The Balaban J connectivity index is 1.86. The number of aryl methyl sites for hydroxylation is 2. The molecule has 0 fully saturated rings. The van der Waals surface area contributed by atoms with Crippen molar-refractivity contribution in [2.45, 2.75) is 53.6 Å². The molecule has 0 aliphatic heterocycles. The van der Waals surface area contributed by atoms with Gasteiger partial charge < -0.3 is 20.1 Å². The standard InChI is InChI=1S/C21H32N4O2S/c1-6-25-14-18(16(5)24-25)15(4)23-21(28)22-12-11-17-9-10-19(26-7-2)20(13-17)27-8-3/h9-10,13-15H,6-8,11-12H2,1-5H3,(H2,22,23,28). The molecule has 1 aromatic carbocycles. The molecule has 2 rings (SSSR count). The monoisotopic (exact) mass is 404 g/mol. The Kier molecular flexibility index (Phi) is 8.57. The summed E-state index contributed by atoms with van der Waals surface area (Å²) in [6.07, 6.45) is 2.92. The van der Waals surface area contributed by atoms with Gasteiger partial charge in [-0.05, 0) is 71.0 Å². The number of nitrogens with zero attached hydrogens (tertiary/aromatic N) is 2. The fraction of sp³-hybridized carbons (Fsp3) is 0.524. The predicted molar refractivity (Wildman–Crippen MR) is 117 cm³/mol. The average molecular weight is 405 g/mol. The zero-order valence-electron chi connectivity index (χ0n) is 17.5. The van der Waals surface area contributed by atoms with E-state index in [2.05, 4.69) is 41.8 Å². The van der Waals surface area contributed by atoms with Crippen LogP contribution in [-0.4, -0.2) is 34.7 Å². The van der Waals surface area contributed by atoms with Gasteiger partial charge in [-0.1, -0.05) is 6.07 Å². The first-order valence-electron chi connectivity index (χ1n) is 9.95. The SMILES string of the molecule is CCOc1ccc(CCNC(=S)NC(C)c2cn(CC)nc2C)cc1OCC. The van der Waals surface area contributed by atoms with Gasteiger partial charge in [-0.3, -0.25) is 4.68 Å². The van der Waals surface area contributed by atoms with Gasteiger partial charge in [0.15, 0.2) is 16.6 Å². The van der Waals surface area contributed by atoms with Gasteiger partial charge in [0.2, 0.25) is 0 Å². The molecule has 0 radical (unpaired) electrons. The van der Waals surface area contributed by atoms with Crippen molar-refractivity contribution in [2.24, 2.45) is 0 Å². The molecule has 0 spiro atoms. The quantitative estimate of drug-likeness (QED) is 0.588. The van der Waals surface area contributed by atoms with Gasteiger partial charge in [-0.15, -0.1) is 0 Å². The summed E-state index contributed by atoms with van der Waals surface area (Å²) < 4.78 is 13.3. The van der Waals surface area contributed by atoms with Crippen LogP contribution in [0.2, 0.25) is 0 Å². The highest BCUT2D eigenvalue weighted by molar-refractivity contribution is 7.80. The molecule has 0 bridgehead atoms. The van der Waals surface area contributed by atoms with E-state index in [1.165, 1.54) is 11.1 Å². The summed E-state index contributed by atoms with van der Waals surface area (Å²) in [6.45, 7) is 13.0. The number of thiocarbonyl (C=S) groups is 1. The second-order valence-corrected chi connectivity index (χ2v) is 6.95. The molecule has 0 amide bonds. The van der Waals surface area contributed by atoms with Crippen molar-refractivity contribution in [3.63, 3.8) is 0 Å². The maximum atomic E-state index is 5.69. The first-order valence-corrected chi connectivity index (χ1v) is 10.4. The lowest BCUT2D eigenvalue weighted by Gasteiger charge is -2.17. The largest absolute Gasteiger partial charge is 0.490 e. The Bertz CT molecular complexity index is 776. The second kappa shape index (κ2) is 10.9. The van der Waals surface area contributed by atoms with E-state index in [-0.39, 0.29) is 6.04 Å². The lowest BCUT2D eigenvalue weighted by molar-refractivity contribution is 0.287. The number of aromatic nitrogens is 2. The predicted octanol–water partition coefficient (Wildman–Crippen LogP) is 3.78. The molecule has 2 N–H and O–H groups in total. The molecular weight excluding hydrogens is 372 g/mol. The first-order chi connectivity index (χ1) is 13.5. The van der Waals surface area contributed by atoms with Crippen LogP contribution < -0.4 is 20.1 Å². The minimum atomic E-state index is 0.107. The van der Waals surface area contributed by atoms with E-state index in [1.54, 1.807) is 0 Å². The van der Waals surface area contributed by atoms with Crippen LogP contribution in [0.15, 0.2) is 24.4 Å². The lowest BCUT2D eigenvalue weighted by Crippen LogP contribution is -2.37. The molecule has 1 unspecified atom stereocenters. The Labute approximate surface area is 173 Å². The van der Waals surface area contributed by atoms with E-state index in [0.717, 1.165) is 36.7 Å². The van der Waals surface area contributed by atoms with Crippen molar-refractivity contribution >= 4 is 17.3 Å². The van der Waals surface area contributed by atoms with Gasteiger partial charge in [0, 0.05) is 24.8 Å². The van der Waals surface area contributed by atoms with Crippen LogP contribution >= 0.6 is 12.2 Å². The number of hydrogen-bond donors (Lipinski definition) is 2. The first kappa shape index (κ1) is 22.0. The molecule has 7 heteroatoms.